The molecular weight excluding hydrogens is 830 g/mol. The number of rotatable bonds is 49. The van der Waals surface area contributed by atoms with Gasteiger partial charge in [0.1, 0.15) is 19.3 Å². The highest BCUT2D eigenvalue weighted by atomic mass is 31.2. The second-order valence-electron chi connectivity index (χ2n) is 18.9. The molecule has 0 aromatic rings. The molecule has 8 nitrogen and oxygen atoms in total. The zero-order valence-electron chi connectivity index (χ0n) is 42.9. The number of quaternary nitrogens is 1. The molecule has 0 rings (SSSR count). The number of hydrogen-bond acceptors (Lipinski definition) is 7. The summed E-state index contributed by atoms with van der Waals surface area (Å²) in [6.07, 6.45) is 63.9. The van der Waals surface area contributed by atoms with Gasteiger partial charge in [-0.05, 0) is 51.4 Å². The minimum Gasteiger partial charge on any atom is -0.756 e. The van der Waals surface area contributed by atoms with Crippen molar-refractivity contribution in [3.8, 4) is 0 Å². The topological polar surface area (TPSA) is 94.1 Å². The zero-order valence-corrected chi connectivity index (χ0v) is 43.8. The van der Waals surface area contributed by atoms with E-state index in [-0.39, 0.29) is 26.2 Å². The molecule has 2 atom stereocenters. The van der Waals surface area contributed by atoms with Crippen LogP contribution in [-0.2, 0) is 27.9 Å². The molecule has 0 aliphatic heterocycles. The zero-order chi connectivity index (χ0) is 47.6. The van der Waals surface area contributed by atoms with Gasteiger partial charge in [-0.2, -0.15) is 0 Å². The number of likely N-dealkylation sites (N-methyl/N-ethyl adjacent to an activating group) is 1. The molecule has 0 aliphatic carbocycles. The smallest absolute Gasteiger partial charge is 0.306 e. The first-order valence-electron chi connectivity index (χ1n) is 26.7. The molecule has 0 saturated carbocycles. The summed E-state index contributed by atoms with van der Waals surface area (Å²) in [4.78, 5) is 25.1. The number of unbranched alkanes of at least 4 members (excludes halogenated alkanes) is 23. The molecule has 0 aliphatic rings. The Bertz CT molecular complexity index is 1270. The van der Waals surface area contributed by atoms with E-state index < -0.39 is 19.9 Å². The van der Waals surface area contributed by atoms with Crippen LogP contribution < -0.4 is 4.89 Å². The van der Waals surface area contributed by atoms with Crippen molar-refractivity contribution in [2.75, 3.05) is 54.1 Å². The normalized spacial score (nSPS) is 14.1. The van der Waals surface area contributed by atoms with Crippen molar-refractivity contribution in [3.63, 3.8) is 0 Å². The molecule has 0 radical (unpaired) electrons. The molecule has 378 valence electrons. The van der Waals surface area contributed by atoms with Crippen molar-refractivity contribution in [1.29, 1.82) is 0 Å². The lowest BCUT2D eigenvalue weighted by atomic mass is 10.0. The first-order chi connectivity index (χ1) is 31.6. The maximum Gasteiger partial charge on any atom is 0.306 e. The Balaban J connectivity index is 4.18. The molecule has 0 aromatic carbocycles. The summed E-state index contributed by atoms with van der Waals surface area (Å²) in [5.74, 6) is -0.414. The molecule has 0 heterocycles. The Labute approximate surface area is 402 Å². The van der Waals surface area contributed by atoms with Gasteiger partial charge in [0.25, 0.3) is 7.82 Å². The van der Waals surface area contributed by atoms with E-state index in [0.29, 0.717) is 24.1 Å². The predicted octanol–water partition coefficient (Wildman–Crippen LogP) is 16.0. The van der Waals surface area contributed by atoms with Gasteiger partial charge in [0.05, 0.1) is 34.4 Å². The minimum absolute atomic E-state index is 0.0107. The van der Waals surface area contributed by atoms with E-state index in [2.05, 4.69) is 74.6 Å². The van der Waals surface area contributed by atoms with Crippen molar-refractivity contribution in [3.05, 3.63) is 72.9 Å². The van der Waals surface area contributed by atoms with E-state index in [4.69, 9.17) is 18.5 Å². The molecule has 0 spiro atoms. The average molecular weight is 932 g/mol. The van der Waals surface area contributed by atoms with Gasteiger partial charge in [0.15, 0.2) is 0 Å². The van der Waals surface area contributed by atoms with E-state index in [1.807, 2.05) is 33.3 Å². The van der Waals surface area contributed by atoms with Gasteiger partial charge in [-0.25, -0.2) is 0 Å². The summed E-state index contributed by atoms with van der Waals surface area (Å²) in [7, 11) is 1.31. The number of carbonyl (C=O) groups excluding carboxylic acids is 1. The fourth-order valence-corrected chi connectivity index (χ4v) is 7.95. The largest absolute Gasteiger partial charge is 0.756 e. The molecule has 2 unspecified atom stereocenters. The first-order valence-corrected chi connectivity index (χ1v) is 28.1. The van der Waals surface area contributed by atoms with Crippen LogP contribution in [0.2, 0.25) is 0 Å². The fourth-order valence-electron chi connectivity index (χ4n) is 7.22. The van der Waals surface area contributed by atoms with Crippen LogP contribution in [0.15, 0.2) is 72.9 Å². The lowest BCUT2D eigenvalue weighted by Gasteiger charge is -2.28. The predicted molar refractivity (Wildman–Crippen MR) is 277 cm³/mol. The van der Waals surface area contributed by atoms with Crippen LogP contribution in [0.3, 0.4) is 0 Å². The third-order valence-corrected chi connectivity index (χ3v) is 12.2. The van der Waals surface area contributed by atoms with Crippen molar-refractivity contribution in [1.82, 2.24) is 0 Å². The second-order valence-corrected chi connectivity index (χ2v) is 20.3. The summed E-state index contributed by atoms with van der Waals surface area (Å²) in [5, 5.41) is 0. The Morgan fingerprint density at radius 2 is 0.862 bits per heavy atom. The number of phosphoric acid groups is 1. The van der Waals surface area contributed by atoms with Gasteiger partial charge in [-0.3, -0.25) is 9.36 Å². The highest BCUT2D eigenvalue weighted by molar-refractivity contribution is 7.45. The Morgan fingerprint density at radius 3 is 1.25 bits per heavy atom. The number of nitrogens with zero attached hydrogens (tertiary/aromatic N) is 1. The maximum absolute atomic E-state index is 12.7. The first kappa shape index (κ1) is 62.9. The monoisotopic (exact) mass is 932 g/mol. The minimum atomic E-state index is -4.55. The number of hydrogen-bond donors (Lipinski definition) is 0. The number of carbonyl (C=O) groups is 1. The van der Waals surface area contributed by atoms with Crippen LogP contribution in [-0.4, -0.2) is 70.7 Å². The van der Waals surface area contributed by atoms with Crippen LogP contribution >= 0.6 is 7.82 Å². The van der Waals surface area contributed by atoms with E-state index in [1.165, 1.54) is 141 Å². The van der Waals surface area contributed by atoms with Gasteiger partial charge in [0, 0.05) is 13.0 Å². The van der Waals surface area contributed by atoms with Gasteiger partial charge in [-0.1, -0.05) is 234 Å². The second kappa shape index (κ2) is 48.4. The van der Waals surface area contributed by atoms with E-state index >= 15 is 0 Å². The molecule has 0 amide bonds. The summed E-state index contributed by atoms with van der Waals surface area (Å²) in [6.45, 7) is 5.22. The lowest BCUT2D eigenvalue weighted by molar-refractivity contribution is -0.870. The summed E-state index contributed by atoms with van der Waals surface area (Å²) in [6, 6.07) is 0. The van der Waals surface area contributed by atoms with E-state index in [1.54, 1.807) is 0 Å². The Kier molecular flexibility index (Phi) is 46.9. The van der Waals surface area contributed by atoms with Crippen LogP contribution in [0.4, 0.5) is 0 Å². The third kappa shape index (κ3) is 52.8. The van der Waals surface area contributed by atoms with Crippen LogP contribution in [0, 0.1) is 0 Å². The fraction of sp³-hybridized carbons (Fsp3) is 0.768. The molecule has 0 bridgehead atoms. The highest BCUT2D eigenvalue weighted by Gasteiger charge is 2.20. The molecule has 0 saturated heterocycles. The Hall–Kier alpha value is -2.06. The average Bonchev–Trinajstić information content (AvgIpc) is 3.27. The van der Waals surface area contributed by atoms with Gasteiger partial charge < -0.3 is 27.9 Å². The van der Waals surface area contributed by atoms with Crippen molar-refractivity contribution >= 4 is 13.8 Å². The summed E-state index contributed by atoms with van der Waals surface area (Å²) in [5.41, 5.74) is 0. The molecular formula is C56H102NO7P. The van der Waals surface area contributed by atoms with Crippen LogP contribution in [0.1, 0.15) is 219 Å². The van der Waals surface area contributed by atoms with Gasteiger partial charge in [-0.15, -0.1) is 0 Å². The summed E-state index contributed by atoms with van der Waals surface area (Å²) >= 11 is 0. The molecule has 0 fully saturated rings. The number of phosphoric ester groups is 1. The quantitative estimate of drug-likeness (QED) is 0.0197. The maximum atomic E-state index is 12.7. The Morgan fingerprint density at radius 1 is 0.492 bits per heavy atom. The van der Waals surface area contributed by atoms with Crippen molar-refractivity contribution in [2.45, 2.75) is 225 Å². The van der Waals surface area contributed by atoms with E-state index in [9.17, 15) is 14.3 Å². The van der Waals surface area contributed by atoms with E-state index in [0.717, 1.165) is 51.4 Å². The highest BCUT2D eigenvalue weighted by Crippen LogP contribution is 2.38. The van der Waals surface area contributed by atoms with Crippen molar-refractivity contribution in [2.24, 2.45) is 0 Å². The summed E-state index contributed by atoms with van der Waals surface area (Å²) < 4.78 is 34.7. The number of allylic oxidation sites excluding steroid dienone is 12. The SMILES string of the molecule is CC/C=C\C/C=C\C/C=C\C/C=C\C/C=C\C/C=C\CCC(=O)OC(COCCCCCCCCCCCCCCCCCCCCCCCCCC)COP(=O)([O-])OCC[N+](C)(C)C. The van der Waals surface area contributed by atoms with Crippen molar-refractivity contribution < 1.29 is 37.3 Å². The van der Waals surface area contributed by atoms with Crippen LogP contribution in [0.25, 0.3) is 0 Å². The molecule has 65 heavy (non-hydrogen) atoms. The molecule has 9 heteroatoms. The number of ether oxygens (including phenoxy) is 2. The molecule has 0 N–H and O–H groups in total. The standard InChI is InChI=1S/C56H102NO7P/c1-6-8-10-12-14-16-18-20-22-24-26-27-28-29-30-32-34-36-38-40-42-44-46-48-51-61-53-55(54-63-65(59,60)62-52-50-57(3,4)5)64-56(58)49-47-45-43-41-39-37-35-33-31-25-23-21-19-17-15-13-11-9-7-2/h9,11,15,17,21,23,31,33,37,39,43,45,55H,6-8,10,12-14,16,18-20,22,24-30,32,34-36,38,40-42,44,46-54H2,1-5H3/b11-9-,17-15-,23-21-,33-31-,39-37-,45-43-. The van der Waals surface area contributed by atoms with Crippen LogP contribution in [0.5, 0.6) is 0 Å². The molecule has 0 aromatic heterocycles. The number of esters is 1. The third-order valence-electron chi connectivity index (χ3n) is 11.3. The lowest BCUT2D eigenvalue weighted by Crippen LogP contribution is -2.37. The van der Waals surface area contributed by atoms with Gasteiger partial charge in [0.2, 0.25) is 0 Å². The van der Waals surface area contributed by atoms with Gasteiger partial charge >= 0.3 is 5.97 Å².